The summed E-state index contributed by atoms with van der Waals surface area (Å²) in [5.74, 6) is -1.76. The van der Waals surface area contributed by atoms with Gasteiger partial charge in [0.2, 0.25) is 6.79 Å². The van der Waals surface area contributed by atoms with Crippen LogP contribution in [-0.2, 0) is 9.59 Å². The second kappa shape index (κ2) is 8.10. The van der Waals surface area contributed by atoms with Gasteiger partial charge in [0.1, 0.15) is 11.6 Å². The molecule has 1 atom stereocenters. The maximum absolute atomic E-state index is 13.6. The number of carbonyl (C=O) groups excluding carboxylic acids is 2. The number of nitrogens with zero attached hydrogens (tertiary/aromatic N) is 1. The minimum absolute atomic E-state index is 0.0385. The van der Waals surface area contributed by atoms with E-state index < -0.39 is 29.3 Å². The van der Waals surface area contributed by atoms with Crippen LogP contribution in [0.25, 0.3) is 5.76 Å². The van der Waals surface area contributed by atoms with Crippen molar-refractivity contribution in [2.75, 3.05) is 11.7 Å². The molecule has 2 aliphatic heterocycles. The molecule has 1 saturated heterocycles. The van der Waals surface area contributed by atoms with Gasteiger partial charge in [-0.15, -0.1) is 0 Å². The van der Waals surface area contributed by atoms with E-state index in [1.165, 1.54) is 53.4 Å². The maximum atomic E-state index is 13.6. The number of fused-ring (bicyclic) bond motifs is 1. The van der Waals surface area contributed by atoms with E-state index >= 15 is 0 Å². The predicted molar refractivity (Wildman–Crippen MR) is 120 cm³/mol. The monoisotopic (exact) mass is 485 g/mol. The highest BCUT2D eigenvalue weighted by molar-refractivity contribution is 6.52. The molecule has 0 aromatic heterocycles. The lowest BCUT2D eigenvalue weighted by Gasteiger charge is -2.25. The third kappa shape index (κ3) is 3.59. The second-order valence-electron chi connectivity index (χ2n) is 7.39. The Morgan fingerprint density at radius 1 is 0.939 bits per heavy atom. The van der Waals surface area contributed by atoms with E-state index in [1.807, 2.05) is 0 Å². The topological polar surface area (TPSA) is 76.1 Å². The summed E-state index contributed by atoms with van der Waals surface area (Å²) in [5.41, 5.74) is 0.824. The number of amides is 1. The van der Waals surface area contributed by atoms with Gasteiger partial charge in [-0.2, -0.15) is 0 Å². The Hall–Kier alpha value is -3.55. The molecular formula is C24H14Cl2FNO5. The van der Waals surface area contributed by atoms with Crippen LogP contribution in [0, 0.1) is 5.82 Å². The van der Waals surface area contributed by atoms with Crippen molar-refractivity contribution in [2.45, 2.75) is 6.04 Å². The van der Waals surface area contributed by atoms with Crippen LogP contribution in [-0.4, -0.2) is 23.6 Å². The number of benzene rings is 3. The molecule has 166 valence electrons. The van der Waals surface area contributed by atoms with Gasteiger partial charge in [0.05, 0.1) is 21.7 Å². The third-order valence-corrected chi connectivity index (χ3v) is 6.20. The van der Waals surface area contributed by atoms with E-state index in [4.69, 9.17) is 32.7 Å². The summed E-state index contributed by atoms with van der Waals surface area (Å²) in [6.07, 6.45) is 0. The predicted octanol–water partition coefficient (Wildman–Crippen LogP) is 5.49. The molecule has 1 N–H and O–H groups in total. The van der Waals surface area contributed by atoms with Crippen molar-refractivity contribution in [1.29, 1.82) is 0 Å². The Balaban J connectivity index is 1.71. The number of carbonyl (C=O) groups is 2. The summed E-state index contributed by atoms with van der Waals surface area (Å²) < 4.78 is 24.3. The van der Waals surface area contributed by atoms with Gasteiger partial charge in [0, 0.05) is 11.3 Å². The zero-order valence-corrected chi connectivity index (χ0v) is 18.2. The third-order valence-electron chi connectivity index (χ3n) is 5.46. The van der Waals surface area contributed by atoms with Gasteiger partial charge in [-0.3, -0.25) is 14.5 Å². The van der Waals surface area contributed by atoms with Gasteiger partial charge in [-0.05, 0) is 54.1 Å². The number of ketones is 1. The Morgan fingerprint density at radius 3 is 2.39 bits per heavy atom. The number of aliphatic hydroxyl groups is 1. The number of halogens is 3. The van der Waals surface area contributed by atoms with Crippen LogP contribution in [0.15, 0.2) is 66.2 Å². The van der Waals surface area contributed by atoms with Crippen LogP contribution >= 0.6 is 23.2 Å². The summed E-state index contributed by atoms with van der Waals surface area (Å²) in [4.78, 5) is 27.5. The van der Waals surface area contributed by atoms with Gasteiger partial charge in [-0.25, -0.2) is 4.39 Å². The van der Waals surface area contributed by atoms with Crippen LogP contribution < -0.4 is 14.4 Å². The molecule has 3 aromatic carbocycles. The van der Waals surface area contributed by atoms with Crippen LogP contribution in [0.3, 0.4) is 0 Å². The SMILES string of the molecule is O=C1C(=O)N(c2ccc(Cl)c(Cl)c2)C(c2ccc(F)cc2)/C1=C(/O)c1ccc2c(c1)OCO2. The zero-order valence-electron chi connectivity index (χ0n) is 16.7. The number of anilines is 1. The first-order valence-corrected chi connectivity index (χ1v) is 10.5. The molecule has 6 nitrogen and oxygen atoms in total. The van der Waals surface area contributed by atoms with E-state index in [-0.39, 0.29) is 28.0 Å². The quantitative estimate of drug-likeness (QED) is 0.301. The number of aliphatic hydroxyl groups excluding tert-OH is 1. The Labute approximate surface area is 197 Å². The Morgan fingerprint density at radius 2 is 1.67 bits per heavy atom. The highest BCUT2D eigenvalue weighted by atomic mass is 35.5. The molecular weight excluding hydrogens is 472 g/mol. The zero-order chi connectivity index (χ0) is 23.3. The van der Waals surface area contributed by atoms with E-state index in [2.05, 4.69) is 0 Å². The molecule has 3 aromatic rings. The highest BCUT2D eigenvalue weighted by Gasteiger charge is 2.47. The van der Waals surface area contributed by atoms with Gasteiger partial charge in [0.15, 0.2) is 11.5 Å². The number of hydrogen-bond acceptors (Lipinski definition) is 5. The highest BCUT2D eigenvalue weighted by Crippen LogP contribution is 2.44. The van der Waals surface area contributed by atoms with Crippen molar-refractivity contribution < 1.29 is 28.6 Å². The lowest BCUT2D eigenvalue weighted by atomic mass is 9.95. The molecule has 5 rings (SSSR count). The van der Waals surface area contributed by atoms with E-state index in [0.29, 0.717) is 22.7 Å². The first kappa shape index (κ1) is 21.3. The van der Waals surface area contributed by atoms with Crippen molar-refractivity contribution in [3.05, 3.63) is 93.2 Å². The number of hydrogen-bond donors (Lipinski definition) is 1. The summed E-state index contributed by atoms with van der Waals surface area (Å²) in [5, 5.41) is 11.6. The number of Topliss-reactive ketones (excluding diaryl/α,β-unsaturated/α-hetero) is 1. The number of rotatable bonds is 3. The molecule has 1 unspecified atom stereocenters. The van der Waals surface area contributed by atoms with Crippen LogP contribution in [0.4, 0.5) is 10.1 Å². The van der Waals surface area contributed by atoms with Crippen molar-refractivity contribution in [2.24, 2.45) is 0 Å². The molecule has 2 aliphatic rings. The summed E-state index contributed by atoms with van der Waals surface area (Å²) in [6, 6.07) is 13.4. The molecule has 0 spiro atoms. The van der Waals surface area contributed by atoms with Gasteiger partial charge in [-0.1, -0.05) is 35.3 Å². The maximum Gasteiger partial charge on any atom is 0.300 e. The van der Waals surface area contributed by atoms with Gasteiger partial charge < -0.3 is 14.6 Å². The second-order valence-corrected chi connectivity index (χ2v) is 8.20. The molecule has 1 fully saturated rings. The number of ether oxygens (including phenoxy) is 2. The Bertz CT molecular complexity index is 1340. The van der Waals surface area contributed by atoms with Crippen molar-refractivity contribution in [3.8, 4) is 11.5 Å². The fourth-order valence-electron chi connectivity index (χ4n) is 3.89. The van der Waals surface area contributed by atoms with E-state index in [0.717, 1.165) is 0 Å². The van der Waals surface area contributed by atoms with Crippen molar-refractivity contribution >= 4 is 46.3 Å². The summed E-state index contributed by atoms with van der Waals surface area (Å²) in [6.45, 7) is 0.0385. The van der Waals surface area contributed by atoms with Crippen LogP contribution in [0.2, 0.25) is 10.0 Å². The minimum atomic E-state index is -1.03. The fourth-order valence-corrected chi connectivity index (χ4v) is 4.19. The van der Waals surface area contributed by atoms with Crippen molar-refractivity contribution in [1.82, 2.24) is 0 Å². The standard InChI is InChI=1S/C24H14Cl2FNO5/c25-16-7-6-15(10-17(16)26)28-21(12-1-4-14(27)5-2-12)20(23(30)24(28)31)22(29)13-3-8-18-19(9-13)33-11-32-18/h1-10,21,29H,11H2/b22-20-. The molecule has 0 saturated carbocycles. The molecule has 0 aliphatic carbocycles. The average Bonchev–Trinajstić information content (AvgIpc) is 3.38. The van der Waals surface area contributed by atoms with Gasteiger partial charge in [0.25, 0.3) is 11.7 Å². The van der Waals surface area contributed by atoms with Crippen LogP contribution in [0.1, 0.15) is 17.2 Å². The first-order valence-electron chi connectivity index (χ1n) is 9.76. The lowest BCUT2D eigenvalue weighted by molar-refractivity contribution is -0.132. The van der Waals surface area contributed by atoms with E-state index in [9.17, 15) is 19.1 Å². The fraction of sp³-hybridized carbons (Fsp3) is 0.0833. The largest absolute Gasteiger partial charge is 0.507 e. The first-order chi connectivity index (χ1) is 15.8. The van der Waals surface area contributed by atoms with Gasteiger partial charge >= 0.3 is 0 Å². The van der Waals surface area contributed by atoms with Crippen molar-refractivity contribution in [3.63, 3.8) is 0 Å². The van der Waals surface area contributed by atoms with E-state index in [1.54, 1.807) is 12.1 Å². The lowest BCUT2D eigenvalue weighted by Crippen LogP contribution is -2.29. The average molecular weight is 486 g/mol. The molecule has 1 amide bonds. The normalized spacial score (nSPS) is 18.8. The smallest absolute Gasteiger partial charge is 0.300 e. The molecule has 2 heterocycles. The Kier molecular flexibility index (Phi) is 5.23. The van der Waals surface area contributed by atoms with Crippen LogP contribution in [0.5, 0.6) is 11.5 Å². The molecule has 33 heavy (non-hydrogen) atoms. The molecule has 0 bridgehead atoms. The minimum Gasteiger partial charge on any atom is -0.507 e. The summed E-state index contributed by atoms with van der Waals surface area (Å²) >= 11 is 12.2. The molecule has 9 heteroatoms. The summed E-state index contributed by atoms with van der Waals surface area (Å²) in [7, 11) is 0. The molecule has 0 radical (unpaired) electrons.